The van der Waals surface area contributed by atoms with Crippen LogP contribution in [0.3, 0.4) is 0 Å². The number of rotatable bonds is 3. The van der Waals surface area contributed by atoms with Gasteiger partial charge < -0.3 is 9.88 Å². The Morgan fingerprint density at radius 2 is 2.10 bits per heavy atom. The summed E-state index contributed by atoms with van der Waals surface area (Å²) in [5.74, 6) is 0.479. The molecule has 1 N–H and O–H groups in total. The summed E-state index contributed by atoms with van der Waals surface area (Å²) in [6, 6.07) is 6.10. The van der Waals surface area contributed by atoms with Gasteiger partial charge in [0.1, 0.15) is 6.54 Å². The van der Waals surface area contributed by atoms with Gasteiger partial charge in [0.05, 0.1) is 17.6 Å². The predicted octanol–water partition coefficient (Wildman–Crippen LogP) is 1.80. The molecule has 1 aromatic carbocycles. The highest BCUT2D eigenvalue weighted by atomic mass is 19.4. The average molecular weight is 281 g/mol. The fourth-order valence-corrected chi connectivity index (χ4v) is 1.80. The van der Waals surface area contributed by atoms with E-state index in [2.05, 4.69) is 16.2 Å². The van der Waals surface area contributed by atoms with Crippen LogP contribution in [0.1, 0.15) is 5.82 Å². The molecule has 0 saturated heterocycles. The van der Waals surface area contributed by atoms with Crippen LogP contribution in [0.2, 0.25) is 0 Å². The monoisotopic (exact) mass is 281 g/mol. The lowest BCUT2D eigenvalue weighted by Crippen LogP contribution is -2.29. The second kappa shape index (κ2) is 5.25. The zero-order valence-electron chi connectivity index (χ0n) is 10.2. The third kappa shape index (κ3) is 2.74. The van der Waals surface area contributed by atoms with Crippen molar-refractivity contribution >= 4 is 16.9 Å². The minimum atomic E-state index is -4.63. The minimum absolute atomic E-state index is 0.0349. The van der Waals surface area contributed by atoms with Crippen LogP contribution in [0.25, 0.3) is 11.0 Å². The number of amides is 1. The second-order valence-corrected chi connectivity index (χ2v) is 3.99. The van der Waals surface area contributed by atoms with Crippen molar-refractivity contribution in [3.63, 3.8) is 0 Å². The molecule has 0 fully saturated rings. The summed E-state index contributed by atoms with van der Waals surface area (Å²) in [4.78, 5) is 15.1. The normalized spacial score (nSPS) is 11.3. The quantitative estimate of drug-likeness (QED) is 0.872. The van der Waals surface area contributed by atoms with E-state index in [1.54, 1.807) is 12.1 Å². The molecule has 104 valence electrons. The predicted molar refractivity (Wildman–Crippen MR) is 66.6 cm³/mol. The summed E-state index contributed by atoms with van der Waals surface area (Å²) in [6.45, 7) is -0.524. The number of terminal acetylenes is 1. The van der Waals surface area contributed by atoms with Crippen molar-refractivity contribution in [1.82, 2.24) is 14.9 Å². The Balaban J connectivity index is 2.44. The Bertz CT molecular complexity index is 682. The van der Waals surface area contributed by atoms with Crippen molar-refractivity contribution in [3.05, 3.63) is 30.1 Å². The van der Waals surface area contributed by atoms with Crippen molar-refractivity contribution in [2.75, 3.05) is 6.54 Å². The number of imidazole rings is 1. The van der Waals surface area contributed by atoms with E-state index in [-0.39, 0.29) is 17.6 Å². The number of hydrogen-bond acceptors (Lipinski definition) is 2. The zero-order valence-corrected chi connectivity index (χ0v) is 10.2. The molecule has 0 spiro atoms. The maximum atomic E-state index is 12.9. The van der Waals surface area contributed by atoms with Crippen LogP contribution >= 0.6 is 0 Å². The number of carbonyl (C=O) groups excluding carboxylic acids is 1. The second-order valence-electron chi connectivity index (χ2n) is 3.99. The summed E-state index contributed by atoms with van der Waals surface area (Å²) in [5, 5.41) is 2.32. The number of alkyl halides is 3. The van der Waals surface area contributed by atoms with Gasteiger partial charge in [0.15, 0.2) is 0 Å². The van der Waals surface area contributed by atoms with Crippen molar-refractivity contribution in [2.45, 2.75) is 12.7 Å². The van der Waals surface area contributed by atoms with E-state index >= 15 is 0 Å². The zero-order chi connectivity index (χ0) is 14.8. The topological polar surface area (TPSA) is 46.9 Å². The number of hydrogen-bond donors (Lipinski definition) is 1. The molecule has 2 aromatic rings. The van der Waals surface area contributed by atoms with E-state index in [0.29, 0.717) is 0 Å². The molecule has 0 aliphatic heterocycles. The molecule has 0 radical (unpaired) electrons. The summed E-state index contributed by atoms with van der Waals surface area (Å²) < 4.78 is 39.7. The lowest BCUT2D eigenvalue weighted by molar-refractivity contribution is -0.147. The van der Waals surface area contributed by atoms with Crippen molar-refractivity contribution in [2.24, 2.45) is 0 Å². The molecule has 2 rings (SSSR count). The van der Waals surface area contributed by atoms with Crippen LogP contribution in [0.15, 0.2) is 24.3 Å². The first-order chi connectivity index (χ1) is 9.43. The van der Waals surface area contributed by atoms with Crippen LogP contribution in [-0.2, 0) is 17.5 Å². The molecule has 0 atom stereocenters. The third-order valence-electron chi connectivity index (χ3n) is 2.60. The lowest BCUT2D eigenvalue weighted by atomic mass is 10.3. The van der Waals surface area contributed by atoms with Gasteiger partial charge in [0, 0.05) is 0 Å². The molecule has 4 nitrogen and oxygen atoms in total. The van der Waals surface area contributed by atoms with Crippen molar-refractivity contribution < 1.29 is 18.0 Å². The number of nitrogens with zero attached hydrogens (tertiary/aromatic N) is 2. The van der Waals surface area contributed by atoms with Gasteiger partial charge in [-0.25, -0.2) is 4.98 Å². The van der Waals surface area contributed by atoms with Crippen molar-refractivity contribution in [1.29, 1.82) is 0 Å². The molecule has 7 heteroatoms. The van der Waals surface area contributed by atoms with Gasteiger partial charge in [-0.2, -0.15) is 13.2 Å². The van der Waals surface area contributed by atoms with Gasteiger partial charge in [0.25, 0.3) is 0 Å². The summed E-state index contributed by atoms with van der Waals surface area (Å²) in [6.07, 6.45) is 0.343. The number of benzene rings is 1. The molecule has 1 heterocycles. The lowest BCUT2D eigenvalue weighted by Gasteiger charge is -2.10. The van der Waals surface area contributed by atoms with Crippen LogP contribution in [0, 0.1) is 12.3 Å². The Morgan fingerprint density at radius 3 is 2.75 bits per heavy atom. The van der Waals surface area contributed by atoms with E-state index in [1.165, 1.54) is 12.1 Å². The van der Waals surface area contributed by atoms with Crippen LogP contribution in [0.4, 0.5) is 13.2 Å². The van der Waals surface area contributed by atoms with Gasteiger partial charge in [-0.3, -0.25) is 4.79 Å². The van der Waals surface area contributed by atoms with E-state index in [9.17, 15) is 18.0 Å². The standard InChI is InChI=1S/C13H10F3N3O/c1-2-7-17-11(20)8-19-10-6-4-3-5-9(10)18-12(19)13(14,15)16/h1,3-6H,7-8H2,(H,17,20). The first-order valence-electron chi connectivity index (χ1n) is 5.66. The average Bonchev–Trinajstić information content (AvgIpc) is 2.75. The summed E-state index contributed by atoms with van der Waals surface area (Å²) in [7, 11) is 0. The highest BCUT2D eigenvalue weighted by Crippen LogP contribution is 2.31. The number of halogens is 3. The Morgan fingerprint density at radius 1 is 1.40 bits per heavy atom. The van der Waals surface area contributed by atoms with E-state index in [4.69, 9.17) is 6.42 Å². The fraction of sp³-hybridized carbons (Fsp3) is 0.231. The smallest absolute Gasteiger partial charge is 0.344 e. The molecule has 0 unspecified atom stereocenters. The van der Waals surface area contributed by atoms with Crippen LogP contribution in [-0.4, -0.2) is 22.0 Å². The molecular weight excluding hydrogens is 271 g/mol. The molecular formula is C13H10F3N3O. The van der Waals surface area contributed by atoms with Gasteiger partial charge in [0.2, 0.25) is 11.7 Å². The van der Waals surface area contributed by atoms with E-state index in [0.717, 1.165) is 4.57 Å². The largest absolute Gasteiger partial charge is 0.449 e. The number of aromatic nitrogens is 2. The highest BCUT2D eigenvalue weighted by molar-refractivity contribution is 5.81. The number of fused-ring (bicyclic) bond motifs is 1. The third-order valence-corrected chi connectivity index (χ3v) is 2.60. The number of carbonyl (C=O) groups is 1. The maximum Gasteiger partial charge on any atom is 0.449 e. The van der Waals surface area contributed by atoms with Gasteiger partial charge >= 0.3 is 6.18 Å². The Kier molecular flexibility index (Phi) is 3.66. The minimum Gasteiger partial charge on any atom is -0.344 e. The first-order valence-corrected chi connectivity index (χ1v) is 5.66. The molecule has 0 saturated carbocycles. The van der Waals surface area contributed by atoms with Gasteiger partial charge in [-0.05, 0) is 12.1 Å². The SMILES string of the molecule is C#CCNC(=O)Cn1c(C(F)(F)F)nc2ccccc21. The fourth-order valence-electron chi connectivity index (χ4n) is 1.80. The highest BCUT2D eigenvalue weighted by Gasteiger charge is 2.37. The number of para-hydroxylation sites is 2. The molecule has 20 heavy (non-hydrogen) atoms. The summed E-state index contributed by atoms with van der Waals surface area (Å²) in [5.41, 5.74) is 0.431. The van der Waals surface area contributed by atoms with E-state index in [1.807, 2.05) is 0 Å². The van der Waals surface area contributed by atoms with Crippen LogP contribution in [0.5, 0.6) is 0 Å². The Hall–Kier alpha value is -2.49. The number of nitrogens with one attached hydrogen (secondary N) is 1. The maximum absolute atomic E-state index is 12.9. The summed E-state index contributed by atoms with van der Waals surface area (Å²) >= 11 is 0. The van der Waals surface area contributed by atoms with Crippen LogP contribution < -0.4 is 5.32 Å². The molecule has 0 aliphatic carbocycles. The molecule has 1 aromatic heterocycles. The Labute approximate surface area is 112 Å². The first kappa shape index (κ1) is 13.9. The van der Waals surface area contributed by atoms with Gasteiger partial charge in [-0.15, -0.1) is 6.42 Å². The van der Waals surface area contributed by atoms with Gasteiger partial charge in [-0.1, -0.05) is 18.1 Å². The molecule has 0 bridgehead atoms. The van der Waals surface area contributed by atoms with E-state index < -0.39 is 24.5 Å². The molecule has 1 amide bonds. The molecule has 0 aliphatic rings. The van der Waals surface area contributed by atoms with Crippen molar-refractivity contribution in [3.8, 4) is 12.3 Å².